The lowest BCUT2D eigenvalue weighted by Gasteiger charge is -2.28. The molecule has 0 fully saturated rings. The summed E-state index contributed by atoms with van der Waals surface area (Å²) in [6.45, 7) is 7.18. The minimum Gasteiger partial charge on any atom is -0.323 e. The number of rotatable bonds is 1. The fraction of sp³-hybridized carbons (Fsp3) is 0.500. The molecule has 0 aromatic heterocycles. The first-order valence-corrected chi connectivity index (χ1v) is 4.95. The maximum absolute atomic E-state index is 13.7. The number of halogens is 2. The summed E-state index contributed by atoms with van der Waals surface area (Å²) in [7, 11) is 0. The average molecular weight is 213 g/mol. The Morgan fingerprint density at radius 2 is 1.73 bits per heavy atom. The van der Waals surface area contributed by atoms with Crippen molar-refractivity contribution in [1.82, 2.24) is 0 Å². The summed E-state index contributed by atoms with van der Waals surface area (Å²) in [4.78, 5) is 0. The van der Waals surface area contributed by atoms with Crippen molar-refractivity contribution in [3.05, 3.63) is 34.9 Å². The van der Waals surface area contributed by atoms with Crippen LogP contribution in [0.1, 0.15) is 37.9 Å². The van der Waals surface area contributed by atoms with E-state index in [1.54, 1.807) is 6.92 Å². The Hall–Kier alpha value is -0.960. The number of hydrogen-bond donors (Lipinski definition) is 1. The molecule has 15 heavy (non-hydrogen) atoms. The van der Waals surface area contributed by atoms with Crippen LogP contribution in [0.4, 0.5) is 8.78 Å². The van der Waals surface area contributed by atoms with E-state index in [9.17, 15) is 8.78 Å². The minimum absolute atomic E-state index is 0.0116. The number of nitrogens with two attached hydrogens (primary N) is 1. The Labute approximate surface area is 89.3 Å². The molecule has 0 bridgehead atoms. The second-order valence-electron chi connectivity index (χ2n) is 4.94. The third-order valence-corrected chi connectivity index (χ3v) is 2.56. The van der Waals surface area contributed by atoms with Gasteiger partial charge in [-0.2, -0.15) is 0 Å². The van der Waals surface area contributed by atoms with Gasteiger partial charge in [-0.15, -0.1) is 0 Å². The van der Waals surface area contributed by atoms with E-state index in [1.165, 1.54) is 12.1 Å². The molecule has 1 aromatic rings. The van der Waals surface area contributed by atoms with Gasteiger partial charge in [0.15, 0.2) is 0 Å². The molecule has 0 aliphatic carbocycles. The van der Waals surface area contributed by atoms with Crippen molar-refractivity contribution in [2.75, 3.05) is 0 Å². The van der Waals surface area contributed by atoms with Crippen LogP contribution in [0.3, 0.4) is 0 Å². The van der Waals surface area contributed by atoms with Crippen LogP contribution in [0.2, 0.25) is 0 Å². The van der Waals surface area contributed by atoms with Gasteiger partial charge in [-0.1, -0.05) is 26.8 Å². The average Bonchev–Trinajstić information content (AvgIpc) is 2.10. The van der Waals surface area contributed by atoms with Crippen molar-refractivity contribution >= 4 is 0 Å². The Balaban J connectivity index is 3.31. The number of aryl methyl sites for hydroxylation is 1. The number of benzene rings is 1. The Bertz CT molecular complexity index is 367. The Morgan fingerprint density at radius 1 is 1.20 bits per heavy atom. The normalized spacial score (nSPS) is 14.1. The van der Waals surface area contributed by atoms with Crippen LogP contribution in [0.5, 0.6) is 0 Å². The van der Waals surface area contributed by atoms with Gasteiger partial charge in [-0.25, -0.2) is 8.78 Å². The first-order valence-electron chi connectivity index (χ1n) is 4.95. The minimum atomic E-state index is -0.641. The molecule has 1 aromatic carbocycles. The van der Waals surface area contributed by atoms with Crippen LogP contribution in [0.15, 0.2) is 12.1 Å². The highest BCUT2D eigenvalue weighted by Crippen LogP contribution is 2.34. The maximum atomic E-state index is 13.7. The molecule has 2 N–H and O–H groups in total. The molecule has 0 unspecified atom stereocenters. The summed E-state index contributed by atoms with van der Waals surface area (Å²) >= 11 is 0. The molecule has 0 radical (unpaired) electrons. The fourth-order valence-corrected chi connectivity index (χ4v) is 1.40. The van der Waals surface area contributed by atoms with Gasteiger partial charge in [0.25, 0.3) is 0 Å². The first kappa shape index (κ1) is 12.1. The van der Waals surface area contributed by atoms with E-state index in [2.05, 4.69) is 0 Å². The lowest BCUT2D eigenvalue weighted by atomic mass is 9.82. The van der Waals surface area contributed by atoms with E-state index in [0.29, 0.717) is 5.56 Å². The summed E-state index contributed by atoms with van der Waals surface area (Å²) in [5, 5.41) is 0. The molecule has 0 saturated carbocycles. The highest BCUT2D eigenvalue weighted by atomic mass is 19.1. The van der Waals surface area contributed by atoms with E-state index in [-0.39, 0.29) is 11.0 Å². The predicted octanol–water partition coefficient (Wildman–Crippen LogP) is 3.32. The molecule has 0 heterocycles. The molecule has 0 spiro atoms. The van der Waals surface area contributed by atoms with Gasteiger partial charge in [0.05, 0.1) is 0 Å². The third-order valence-electron chi connectivity index (χ3n) is 2.56. The summed E-state index contributed by atoms with van der Waals surface area (Å²) < 4.78 is 27.2. The second kappa shape index (κ2) is 3.89. The van der Waals surface area contributed by atoms with Gasteiger partial charge < -0.3 is 5.73 Å². The van der Waals surface area contributed by atoms with Crippen molar-refractivity contribution in [3.8, 4) is 0 Å². The smallest absolute Gasteiger partial charge is 0.133 e. The fourth-order valence-electron chi connectivity index (χ4n) is 1.40. The predicted molar refractivity (Wildman–Crippen MR) is 57.5 cm³/mol. The molecule has 1 rings (SSSR count). The van der Waals surface area contributed by atoms with Gasteiger partial charge >= 0.3 is 0 Å². The molecule has 1 atom stereocenters. The lowest BCUT2D eigenvalue weighted by Crippen LogP contribution is -2.28. The standard InChI is InChI=1S/C12H17F2N/c1-7-5-6-8(13)9(10(7)14)11(15)12(2,3)4/h5-6,11H,15H2,1-4H3/t11-/m0/s1. The van der Waals surface area contributed by atoms with Gasteiger partial charge in [0.2, 0.25) is 0 Å². The molecule has 84 valence electrons. The van der Waals surface area contributed by atoms with Gasteiger partial charge in [0.1, 0.15) is 11.6 Å². The topological polar surface area (TPSA) is 26.0 Å². The molecule has 0 aliphatic rings. The second-order valence-corrected chi connectivity index (χ2v) is 4.94. The van der Waals surface area contributed by atoms with E-state index < -0.39 is 17.7 Å². The van der Waals surface area contributed by atoms with Gasteiger partial charge in [-0.3, -0.25) is 0 Å². The maximum Gasteiger partial charge on any atom is 0.133 e. The zero-order valence-corrected chi connectivity index (χ0v) is 9.57. The summed E-state index contributed by atoms with van der Waals surface area (Å²) in [6.07, 6.45) is 0. The Kier molecular flexibility index (Phi) is 3.14. The highest BCUT2D eigenvalue weighted by Gasteiger charge is 2.28. The molecule has 0 amide bonds. The van der Waals surface area contributed by atoms with Crippen LogP contribution in [-0.2, 0) is 0 Å². The van der Waals surface area contributed by atoms with E-state index in [1.807, 2.05) is 20.8 Å². The van der Waals surface area contributed by atoms with Crippen LogP contribution in [0, 0.1) is 24.0 Å². The molecule has 3 heteroatoms. The molecular weight excluding hydrogens is 196 g/mol. The summed E-state index contributed by atoms with van der Waals surface area (Å²) in [5.74, 6) is -1.10. The monoisotopic (exact) mass is 213 g/mol. The van der Waals surface area contributed by atoms with E-state index in [4.69, 9.17) is 5.73 Å². The van der Waals surface area contributed by atoms with E-state index >= 15 is 0 Å². The van der Waals surface area contributed by atoms with Crippen molar-refractivity contribution in [3.63, 3.8) is 0 Å². The van der Waals surface area contributed by atoms with Crippen molar-refractivity contribution < 1.29 is 8.78 Å². The SMILES string of the molecule is Cc1ccc(F)c([C@H](N)C(C)(C)C)c1F. The molecule has 1 nitrogen and oxygen atoms in total. The molecule has 0 aliphatic heterocycles. The summed E-state index contributed by atoms with van der Waals surface area (Å²) in [6, 6.07) is 2.04. The van der Waals surface area contributed by atoms with E-state index in [0.717, 1.165) is 0 Å². The first-order chi connectivity index (χ1) is 6.75. The van der Waals surface area contributed by atoms with Crippen LogP contribution in [0.25, 0.3) is 0 Å². The highest BCUT2D eigenvalue weighted by molar-refractivity contribution is 5.30. The van der Waals surface area contributed by atoms with Gasteiger partial charge in [0, 0.05) is 11.6 Å². The van der Waals surface area contributed by atoms with Crippen molar-refractivity contribution in [1.29, 1.82) is 0 Å². The van der Waals surface area contributed by atoms with Crippen LogP contribution in [-0.4, -0.2) is 0 Å². The third kappa shape index (κ3) is 2.34. The van der Waals surface area contributed by atoms with Crippen LogP contribution < -0.4 is 5.73 Å². The van der Waals surface area contributed by atoms with Crippen molar-refractivity contribution in [2.45, 2.75) is 33.7 Å². The van der Waals surface area contributed by atoms with Crippen LogP contribution >= 0.6 is 0 Å². The quantitative estimate of drug-likeness (QED) is 0.760. The number of hydrogen-bond acceptors (Lipinski definition) is 1. The Morgan fingerprint density at radius 3 is 2.20 bits per heavy atom. The zero-order chi connectivity index (χ0) is 11.8. The zero-order valence-electron chi connectivity index (χ0n) is 9.57. The molecular formula is C12H17F2N. The molecule has 0 saturated heterocycles. The lowest BCUT2D eigenvalue weighted by molar-refractivity contribution is 0.310. The summed E-state index contributed by atoms with van der Waals surface area (Å²) in [5.41, 5.74) is 5.91. The van der Waals surface area contributed by atoms with Crippen molar-refractivity contribution in [2.24, 2.45) is 11.1 Å². The van der Waals surface area contributed by atoms with Gasteiger partial charge in [-0.05, 0) is 24.0 Å². The largest absolute Gasteiger partial charge is 0.323 e.